The van der Waals surface area contributed by atoms with Crippen LogP contribution in [0.15, 0.2) is 0 Å². The van der Waals surface area contributed by atoms with Gasteiger partial charge in [0.25, 0.3) is 0 Å². The number of amides is 1. The van der Waals surface area contributed by atoms with Crippen LogP contribution < -0.4 is 5.73 Å². The molecule has 0 bridgehead atoms. The van der Waals surface area contributed by atoms with Gasteiger partial charge >= 0.3 is 0 Å². The van der Waals surface area contributed by atoms with E-state index in [1.807, 2.05) is 11.8 Å². The van der Waals surface area contributed by atoms with Crippen molar-refractivity contribution in [1.29, 1.82) is 0 Å². The number of piperidine rings is 1. The molecular weight excluding hydrogens is 306 g/mol. The highest BCUT2D eigenvalue weighted by Crippen LogP contribution is 2.30. The van der Waals surface area contributed by atoms with E-state index in [1.165, 1.54) is 0 Å². The number of likely N-dealkylation sites (tertiary alicyclic amines) is 1. The number of H-pyrrole nitrogens is 1. The number of nitrogens with zero attached hydrogens (tertiary/aromatic N) is 3. The van der Waals surface area contributed by atoms with Gasteiger partial charge < -0.3 is 15.7 Å². The van der Waals surface area contributed by atoms with Gasteiger partial charge in [-0.2, -0.15) is 5.10 Å². The predicted molar refractivity (Wildman–Crippen MR) is 83.6 cm³/mol. The third-order valence-electron chi connectivity index (χ3n) is 4.71. The van der Waals surface area contributed by atoms with Crippen LogP contribution in [0.1, 0.15) is 43.3 Å². The summed E-state index contributed by atoms with van der Waals surface area (Å²) in [5, 5.41) is 16.8. The molecule has 2 heterocycles. The van der Waals surface area contributed by atoms with E-state index in [2.05, 4.69) is 15.2 Å². The maximum absolute atomic E-state index is 12.5. The lowest BCUT2D eigenvalue weighted by Crippen LogP contribution is -2.41. The lowest BCUT2D eigenvalue weighted by atomic mass is 9.94. The van der Waals surface area contributed by atoms with Crippen LogP contribution in [0.5, 0.6) is 0 Å². The molecule has 3 atom stereocenters. The number of rotatable bonds is 2. The molecule has 1 saturated heterocycles. The van der Waals surface area contributed by atoms with Crippen molar-refractivity contribution in [3.8, 4) is 0 Å². The van der Waals surface area contributed by atoms with Gasteiger partial charge in [0.2, 0.25) is 5.91 Å². The highest BCUT2D eigenvalue weighted by molar-refractivity contribution is 5.85. The lowest BCUT2D eigenvalue weighted by Gasteiger charge is -2.32. The van der Waals surface area contributed by atoms with Crippen LogP contribution in [0.25, 0.3) is 0 Å². The minimum atomic E-state index is -0.535. The number of aliphatic hydroxyl groups excluding tert-OH is 1. The fourth-order valence-electron chi connectivity index (χ4n) is 3.41. The Morgan fingerprint density at radius 2 is 2.05 bits per heavy atom. The van der Waals surface area contributed by atoms with Crippen molar-refractivity contribution in [2.24, 2.45) is 11.7 Å². The molecule has 2 aliphatic rings. The number of aromatic amines is 1. The average Bonchev–Trinajstić information content (AvgIpc) is 3.05. The van der Waals surface area contributed by atoms with Gasteiger partial charge in [0.05, 0.1) is 6.10 Å². The summed E-state index contributed by atoms with van der Waals surface area (Å²) in [6.45, 7) is 3.36. The van der Waals surface area contributed by atoms with Gasteiger partial charge in [0.15, 0.2) is 5.82 Å². The van der Waals surface area contributed by atoms with Crippen LogP contribution in [0.3, 0.4) is 0 Å². The quantitative estimate of drug-likeness (QED) is 0.725. The fourth-order valence-corrected chi connectivity index (χ4v) is 3.41. The van der Waals surface area contributed by atoms with E-state index in [9.17, 15) is 9.90 Å². The second-order valence-electron chi connectivity index (χ2n) is 6.28. The standard InChI is InChI=1S/C14H23N5O2.ClH/c1-8-16-13(18-17-8)9-2-4-19(5-3-9)14(21)10-6-11(15)12(20)7-10;/h9-12,20H,2-7,15H2,1H3,(H,16,17,18);1H/t10-,11+,12+;/m0./s1. The minimum absolute atomic E-state index is 0. The van der Waals surface area contributed by atoms with Gasteiger partial charge in [-0.05, 0) is 32.6 Å². The number of hydrogen-bond donors (Lipinski definition) is 3. The lowest BCUT2D eigenvalue weighted by molar-refractivity contribution is -0.136. The number of halogens is 1. The minimum Gasteiger partial charge on any atom is -0.391 e. The van der Waals surface area contributed by atoms with E-state index in [0.29, 0.717) is 18.8 Å². The Hall–Kier alpha value is -1.18. The molecule has 1 aromatic rings. The Balaban J connectivity index is 0.00000176. The fraction of sp³-hybridized carbons (Fsp3) is 0.786. The summed E-state index contributed by atoms with van der Waals surface area (Å²) >= 11 is 0. The molecule has 0 spiro atoms. The molecule has 124 valence electrons. The summed E-state index contributed by atoms with van der Waals surface area (Å²) in [7, 11) is 0. The van der Waals surface area contributed by atoms with E-state index in [4.69, 9.17) is 5.73 Å². The van der Waals surface area contributed by atoms with Gasteiger partial charge in [-0.25, -0.2) is 4.98 Å². The number of aryl methyl sites for hydroxylation is 1. The number of hydrogen-bond acceptors (Lipinski definition) is 5. The first kappa shape index (κ1) is 17.2. The van der Waals surface area contributed by atoms with Gasteiger partial charge in [0.1, 0.15) is 5.82 Å². The van der Waals surface area contributed by atoms with Gasteiger partial charge in [-0.15, -0.1) is 12.4 Å². The van der Waals surface area contributed by atoms with Crippen molar-refractivity contribution in [1.82, 2.24) is 20.1 Å². The number of carbonyl (C=O) groups is 1. The molecule has 1 saturated carbocycles. The summed E-state index contributed by atoms with van der Waals surface area (Å²) in [6.07, 6.45) is 2.35. The predicted octanol–water partition coefficient (Wildman–Crippen LogP) is 0.339. The van der Waals surface area contributed by atoms with E-state index in [-0.39, 0.29) is 30.3 Å². The maximum Gasteiger partial charge on any atom is 0.225 e. The van der Waals surface area contributed by atoms with Crippen LogP contribution in [0.4, 0.5) is 0 Å². The number of carbonyl (C=O) groups excluding carboxylic acids is 1. The van der Waals surface area contributed by atoms with Crippen LogP contribution in [-0.4, -0.2) is 56.3 Å². The second-order valence-corrected chi connectivity index (χ2v) is 6.28. The molecule has 8 heteroatoms. The highest BCUT2D eigenvalue weighted by Gasteiger charge is 2.37. The first-order chi connectivity index (χ1) is 10.0. The van der Waals surface area contributed by atoms with Crippen LogP contribution in [0, 0.1) is 12.8 Å². The molecule has 1 aromatic heterocycles. The highest BCUT2D eigenvalue weighted by atomic mass is 35.5. The molecule has 2 fully saturated rings. The third-order valence-corrected chi connectivity index (χ3v) is 4.71. The maximum atomic E-state index is 12.5. The molecule has 0 radical (unpaired) electrons. The molecule has 1 amide bonds. The smallest absolute Gasteiger partial charge is 0.225 e. The van der Waals surface area contributed by atoms with E-state index in [1.54, 1.807) is 0 Å². The van der Waals surface area contributed by atoms with Crippen molar-refractivity contribution in [3.63, 3.8) is 0 Å². The molecule has 1 aliphatic heterocycles. The van der Waals surface area contributed by atoms with Crippen molar-refractivity contribution in [3.05, 3.63) is 11.6 Å². The molecule has 3 rings (SSSR count). The molecule has 7 nitrogen and oxygen atoms in total. The Labute approximate surface area is 136 Å². The topological polar surface area (TPSA) is 108 Å². The average molecular weight is 330 g/mol. The SMILES string of the molecule is Cc1nc(C2CCN(C(=O)[C@H]3C[C@@H](N)[C@H](O)C3)CC2)n[nH]1.Cl. The summed E-state index contributed by atoms with van der Waals surface area (Å²) < 4.78 is 0. The van der Waals surface area contributed by atoms with Gasteiger partial charge in [-0.1, -0.05) is 0 Å². The second kappa shape index (κ2) is 6.93. The zero-order chi connectivity index (χ0) is 15.0. The number of aromatic nitrogens is 3. The molecule has 1 aliphatic carbocycles. The molecule has 22 heavy (non-hydrogen) atoms. The Kier molecular flexibility index (Phi) is 5.41. The van der Waals surface area contributed by atoms with Crippen molar-refractivity contribution >= 4 is 18.3 Å². The Morgan fingerprint density at radius 3 is 2.55 bits per heavy atom. The summed E-state index contributed by atoms with van der Waals surface area (Å²) in [4.78, 5) is 18.8. The van der Waals surface area contributed by atoms with Crippen LogP contribution in [0.2, 0.25) is 0 Å². The van der Waals surface area contributed by atoms with Gasteiger partial charge in [0, 0.05) is 31.0 Å². The van der Waals surface area contributed by atoms with Crippen molar-refractivity contribution in [2.45, 2.75) is 50.7 Å². The van der Waals surface area contributed by atoms with Gasteiger partial charge in [-0.3, -0.25) is 9.89 Å². The summed E-state index contributed by atoms with van der Waals surface area (Å²) in [5.41, 5.74) is 5.80. The molecule has 0 unspecified atom stereocenters. The Morgan fingerprint density at radius 1 is 1.36 bits per heavy atom. The zero-order valence-corrected chi connectivity index (χ0v) is 13.6. The molecule has 4 N–H and O–H groups in total. The number of aliphatic hydroxyl groups is 1. The van der Waals surface area contributed by atoms with E-state index < -0.39 is 6.10 Å². The summed E-state index contributed by atoms with van der Waals surface area (Å²) in [5.74, 6) is 2.05. The van der Waals surface area contributed by atoms with Crippen LogP contribution >= 0.6 is 12.4 Å². The monoisotopic (exact) mass is 329 g/mol. The number of nitrogens with two attached hydrogens (primary N) is 1. The third kappa shape index (κ3) is 3.42. The van der Waals surface area contributed by atoms with E-state index >= 15 is 0 Å². The first-order valence-electron chi connectivity index (χ1n) is 7.66. The molecule has 0 aromatic carbocycles. The number of nitrogens with one attached hydrogen (secondary N) is 1. The van der Waals surface area contributed by atoms with E-state index in [0.717, 1.165) is 37.6 Å². The zero-order valence-electron chi connectivity index (χ0n) is 12.7. The van der Waals surface area contributed by atoms with Crippen LogP contribution in [-0.2, 0) is 4.79 Å². The van der Waals surface area contributed by atoms with Crippen molar-refractivity contribution < 1.29 is 9.90 Å². The first-order valence-corrected chi connectivity index (χ1v) is 7.66. The van der Waals surface area contributed by atoms with Crippen molar-refractivity contribution in [2.75, 3.05) is 13.1 Å². The largest absolute Gasteiger partial charge is 0.391 e. The Bertz CT molecular complexity index is 505. The molecular formula is C14H24ClN5O2. The normalized spacial score (nSPS) is 29.4. The summed E-state index contributed by atoms with van der Waals surface area (Å²) in [6, 6.07) is -0.257.